The van der Waals surface area contributed by atoms with Gasteiger partial charge in [0.15, 0.2) is 6.10 Å². The Morgan fingerprint density at radius 3 is 2.74 bits per heavy atom. The molecule has 1 aromatic rings. The van der Waals surface area contributed by atoms with E-state index < -0.39 is 6.10 Å². The van der Waals surface area contributed by atoms with Gasteiger partial charge in [-0.1, -0.05) is 12.5 Å². The van der Waals surface area contributed by atoms with E-state index in [0.717, 1.165) is 25.7 Å². The number of rotatable bonds is 4. The highest BCUT2D eigenvalue weighted by molar-refractivity contribution is 5.74. The Labute approximate surface area is 113 Å². The van der Waals surface area contributed by atoms with Crippen molar-refractivity contribution < 1.29 is 14.3 Å². The van der Waals surface area contributed by atoms with E-state index in [1.807, 2.05) is 0 Å². The molecular weight excluding hydrogens is 242 g/mol. The van der Waals surface area contributed by atoms with Crippen LogP contribution in [0.1, 0.15) is 39.0 Å². The number of carbonyl (C=O) groups is 1. The average molecular weight is 263 g/mol. The first kappa shape index (κ1) is 13.7. The Bertz CT molecular complexity index is 427. The Kier molecular flexibility index (Phi) is 4.66. The van der Waals surface area contributed by atoms with Crippen molar-refractivity contribution in [3.8, 4) is 5.75 Å². The van der Waals surface area contributed by atoms with Crippen molar-refractivity contribution in [1.29, 1.82) is 0 Å². The molecule has 4 nitrogen and oxygen atoms in total. The summed E-state index contributed by atoms with van der Waals surface area (Å²) in [5.74, 6) is 0.294. The molecule has 1 aliphatic carbocycles. The van der Waals surface area contributed by atoms with Crippen LogP contribution in [-0.4, -0.2) is 18.2 Å². The minimum Gasteiger partial charge on any atom is -0.479 e. The minimum atomic E-state index is -0.608. The molecule has 1 aliphatic rings. The van der Waals surface area contributed by atoms with Crippen LogP contribution in [0.15, 0.2) is 24.3 Å². The van der Waals surface area contributed by atoms with Crippen LogP contribution in [0.5, 0.6) is 5.75 Å². The molecular formula is C15H21NO3. The Balaban J connectivity index is 1.84. The summed E-state index contributed by atoms with van der Waals surface area (Å²) in [6.07, 6.45) is 4.92. The third kappa shape index (κ3) is 4.16. The summed E-state index contributed by atoms with van der Waals surface area (Å²) in [4.78, 5) is 11.9. The van der Waals surface area contributed by atoms with Crippen LogP contribution in [0.2, 0.25) is 0 Å². The van der Waals surface area contributed by atoms with Crippen molar-refractivity contribution in [1.82, 2.24) is 0 Å². The third-order valence-corrected chi connectivity index (χ3v) is 3.34. The number of nitrogen functional groups attached to an aromatic ring is 1. The fraction of sp³-hybridized carbons (Fsp3) is 0.533. The number of anilines is 1. The molecule has 1 fully saturated rings. The van der Waals surface area contributed by atoms with E-state index in [4.69, 9.17) is 15.2 Å². The molecule has 0 heterocycles. The standard InChI is InChI=1S/C15H21NO3/c1-11(18-14-9-5-6-12(16)10-14)15(17)19-13-7-3-2-4-8-13/h5-6,9-11,13H,2-4,7-8,16H2,1H3. The smallest absolute Gasteiger partial charge is 0.347 e. The predicted molar refractivity (Wildman–Crippen MR) is 73.9 cm³/mol. The van der Waals surface area contributed by atoms with Crippen molar-refractivity contribution in [3.05, 3.63) is 24.3 Å². The molecule has 1 unspecified atom stereocenters. The van der Waals surface area contributed by atoms with Gasteiger partial charge in [-0.2, -0.15) is 0 Å². The van der Waals surface area contributed by atoms with Crippen molar-refractivity contribution in [2.24, 2.45) is 0 Å². The molecule has 1 atom stereocenters. The molecule has 0 radical (unpaired) electrons. The van der Waals surface area contributed by atoms with Gasteiger partial charge in [0.1, 0.15) is 11.9 Å². The normalized spacial score (nSPS) is 17.7. The van der Waals surface area contributed by atoms with Gasteiger partial charge in [-0.3, -0.25) is 0 Å². The number of hydrogen-bond donors (Lipinski definition) is 1. The maximum atomic E-state index is 11.9. The third-order valence-electron chi connectivity index (χ3n) is 3.34. The number of carbonyl (C=O) groups excluding carboxylic acids is 1. The molecule has 0 spiro atoms. The topological polar surface area (TPSA) is 61.5 Å². The van der Waals surface area contributed by atoms with E-state index in [0.29, 0.717) is 11.4 Å². The molecule has 0 aromatic heterocycles. The molecule has 0 saturated heterocycles. The zero-order valence-corrected chi connectivity index (χ0v) is 11.3. The second-order valence-corrected chi connectivity index (χ2v) is 5.03. The van der Waals surface area contributed by atoms with Gasteiger partial charge < -0.3 is 15.2 Å². The lowest BCUT2D eigenvalue weighted by atomic mass is 9.98. The molecule has 0 bridgehead atoms. The van der Waals surface area contributed by atoms with Crippen LogP contribution < -0.4 is 10.5 Å². The highest BCUT2D eigenvalue weighted by atomic mass is 16.6. The summed E-state index contributed by atoms with van der Waals surface area (Å²) in [5.41, 5.74) is 6.28. The lowest BCUT2D eigenvalue weighted by Crippen LogP contribution is -2.31. The largest absolute Gasteiger partial charge is 0.479 e. The second-order valence-electron chi connectivity index (χ2n) is 5.03. The lowest BCUT2D eigenvalue weighted by Gasteiger charge is -2.23. The van der Waals surface area contributed by atoms with Gasteiger partial charge in [-0.15, -0.1) is 0 Å². The fourth-order valence-electron chi connectivity index (χ4n) is 2.28. The summed E-state index contributed by atoms with van der Waals surface area (Å²) in [6.45, 7) is 1.70. The van der Waals surface area contributed by atoms with Crippen molar-refractivity contribution in [3.63, 3.8) is 0 Å². The highest BCUT2D eigenvalue weighted by Gasteiger charge is 2.22. The Morgan fingerprint density at radius 1 is 1.32 bits per heavy atom. The van der Waals surface area contributed by atoms with E-state index in [1.165, 1.54) is 6.42 Å². The van der Waals surface area contributed by atoms with Crippen LogP contribution in [0, 0.1) is 0 Å². The molecule has 0 aliphatic heterocycles. The maximum absolute atomic E-state index is 11.9. The molecule has 4 heteroatoms. The van der Waals surface area contributed by atoms with Gasteiger partial charge in [-0.25, -0.2) is 4.79 Å². The van der Waals surface area contributed by atoms with E-state index in [-0.39, 0.29) is 12.1 Å². The van der Waals surface area contributed by atoms with Crippen LogP contribution in [0.3, 0.4) is 0 Å². The second kappa shape index (κ2) is 6.45. The first-order chi connectivity index (χ1) is 9.15. The molecule has 1 aromatic carbocycles. The SMILES string of the molecule is CC(Oc1cccc(N)c1)C(=O)OC1CCCCC1. The molecule has 2 N–H and O–H groups in total. The monoisotopic (exact) mass is 263 g/mol. The van der Waals surface area contributed by atoms with Crippen LogP contribution in [0.4, 0.5) is 5.69 Å². The van der Waals surface area contributed by atoms with Crippen molar-refractivity contribution in [2.75, 3.05) is 5.73 Å². The van der Waals surface area contributed by atoms with Gasteiger partial charge in [0, 0.05) is 11.8 Å². The van der Waals surface area contributed by atoms with Crippen molar-refractivity contribution in [2.45, 2.75) is 51.2 Å². The number of hydrogen-bond acceptors (Lipinski definition) is 4. The van der Waals surface area contributed by atoms with Gasteiger partial charge in [-0.05, 0) is 44.7 Å². The first-order valence-corrected chi connectivity index (χ1v) is 6.88. The van der Waals surface area contributed by atoms with E-state index >= 15 is 0 Å². The Hall–Kier alpha value is -1.71. The number of benzene rings is 1. The highest BCUT2D eigenvalue weighted by Crippen LogP contribution is 2.21. The summed E-state index contributed by atoms with van der Waals surface area (Å²) in [7, 11) is 0. The van der Waals surface area contributed by atoms with Gasteiger partial charge >= 0.3 is 5.97 Å². The number of ether oxygens (including phenoxy) is 2. The predicted octanol–water partition coefficient (Wildman–Crippen LogP) is 2.91. The molecule has 104 valence electrons. The average Bonchev–Trinajstić information content (AvgIpc) is 2.40. The van der Waals surface area contributed by atoms with Gasteiger partial charge in [0.25, 0.3) is 0 Å². The zero-order valence-electron chi connectivity index (χ0n) is 11.3. The zero-order chi connectivity index (χ0) is 13.7. The van der Waals surface area contributed by atoms with Crippen LogP contribution in [-0.2, 0) is 9.53 Å². The van der Waals surface area contributed by atoms with Crippen molar-refractivity contribution >= 4 is 11.7 Å². The lowest BCUT2D eigenvalue weighted by molar-refractivity contribution is -0.158. The van der Waals surface area contributed by atoms with E-state index in [9.17, 15) is 4.79 Å². The molecule has 1 saturated carbocycles. The number of nitrogens with two attached hydrogens (primary N) is 1. The molecule has 0 amide bonds. The maximum Gasteiger partial charge on any atom is 0.347 e. The van der Waals surface area contributed by atoms with Crippen LogP contribution >= 0.6 is 0 Å². The van der Waals surface area contributed by atoms with Gasteiger partial charge in [0.05, 0.1) is 0 Å². The number of esters is 1. The fourth-order valence-corrected chi connectivity index (χ4v) is 2.28. The van der Waals surface area contributed by atoms with Crippen LogP contribution in [0.25, 0.3) is 0 Å². The van der Waals surface area contributed by atoms with E-state index in [2.05, 4.69) is 0 Å². The quantitative estimate of drug-likeness (QED) is 0.670. The summed E-state index contributed by atoms with van der Waals surface area (Å²) < 4.78 is 11.0. The summed E-state index contributed by atoms with van der Waals surface area (Å²) in [5, 5.41) is 0. The van der Waals surface area contributed by atoms with Gasteiger partial charge in [0.2, 0.25) is 0 Å². The first-order valence-electron chi connectivity index (χ1n) is 6.88. The summed E-state index contributed by atoms with van der Waals surface area (Å²) >= 11 is 0. The minimum absolute atomic E-state index is 0.0631. The van der Waals surface area contributed by atoms with E-state index in [1.54, 1.807) is 31.2 Å². The molecule has 2 rings (SSSR count). The molecule has 19 heavy (non-hydrogen) atoms. The Morgan fingerprint density at radius 2 is 2.05 bits per heavy atom. The summed E-state index contributed by atoms with van der Waals surface area (Å²) in [6, 6.07) is 7.05.